The van der Waals surface area contributed by atoms with Crippen molar-refractivity contribution in [3.8, 4) is 0 Å². The van der Waals surface area contributed by atoms with Crippen molar-refractivity contribution in [1.29, 1.82) is 0 Å². The first-order valence-corrected chi connectivity index (χ1v) is 4.34. The van der Waals surface area contributed by atoms with Crippen LogP contribution in [0.1, 0.15) is 25.7 Å². The van der Waals surface area contributed by atoms with Crippen LogP contribution in [0, 0.1) is 0 Å². The lowest BCUT2D eigenvalue weighted by molar-refractivity contribution is -0.148. The fourth-order valence-electron chi connectivity index (χ4n) is 1.41. The van der Waals surface area contributed by atoms with Gasteiger partial charge in [-0.05, 0) is 19.3 Å². The van der Waals surface area contributed by atoms with Crippen LogP contribution in [0.2, 0.25) is 0 Å². The van der Waals surface area contributed by atoms with Gasteiger partial charge in [-0.15, -0.1) is 0 Å². The van der Waals surface area contributed by atoms with Crippen LogP contribution in [0.3, 0.4) is 0 Å². The van der Waals surface area contributed by atoms with Gasteiger partial charge in [-0.2, -0.15) is 13.2 Å². The van der Waals surface area contributed by atoms with Crippen LogP contribution in [0.4, 0.5) is 13.2 Å². The summed E-state index contributed by atoms with van der Waals surface area (Å²) < 4.78 is 40.0. The number of rotatable bonds is 3. The molecule has 78 valence electrons. The summed E-state index contributed by atoms with van der Waals surface area (Å²) in [5.41, 5.74) is 0. The second kappa shape index (κ2) is 4.28. The molecule has 1 saturated carbocycles. The second-order valence-electron chi connectivity index (χ2n) is 3.32. The molecule has 2 atom stereocenters. The van der Waals surface area contributed by atoms with Crippen LogP contribution < -0.4 is 0 Å². The average molecular weight is 198 g/mol. The van der Waals surface area contributed by atoms with E-state index in [4.69, 9.17) is 9.84 Å². The Morgan fingerprint density at radius 2 is 2.00 bits per heavy atom. The third-order valence-corrected chi connectivity index (χ3v) is 2.10. The minimum atomic E-state index is -4.14. The van der Waals surface area contributed by atoms with Gasteiger partial charge in [-0.3, -0.25) is 0 Å². The Balaban J connectivity index is 2.07. The predicted octanol–water partition coefficient (Wildman–Crippen LogP) is 1.87. The zero-order valence-electron chi connectivity index (χ0n) is 7.18. The molecular formula is C8H13F3O2. The number of hydrogen-bond acceptors (Lipinski definition) is 2. The molecule has 2 nitrogen and oxygen atoms in total. The predicted molar refractivity (Wildman–Crippen MR) is 40.3 cm³/mol. The first-order valence-electron chi connectivity index (χ1n) is 4.34. The summed E-state index contributed by atoms with van der Waals surface area (Å²) in [4.78, 5) is 0. The molecule has 5 heteroatoms. The van der Waals surface area contributed by atoms with E-state index in [0.29, 0.717) is 19.3 Å². The molecule has 13 heavy (non-hydrogen) atoms. The molecule has 1 N–H and O–H groups in total. The van der Waals surface area contributed by atoms with Gasteiger partial charge in [-0.1, -0.05) is 0 Å². The number of halogens is 3. The van der Waals surface area contributed by atoms with Crippen molar-refractivity contribution in [3.63, 3.8) is 0 Å². The summed E-state index contributed by atoms with van der Waals surface area (Å²) in [6.07, 6.45) is -3.85. The highest BCUT2D eigenvalue weighted by atomic mass is 19.4. The van der Waals surface area contributed by atoms with E-state index in [2.05, 4.69) is 0 Å². The number of ether oxygens (including phenoxy) is 1. The summed E-state index contributed by atoms with van der Waals surface area (Å²) >= 11 is 0. The lowest BCUT2D eigenvalue weighted by atomic mass is 10.3. The summed E-state index contributed by atoms with van der Waals surface area (Å²) in [5.74, 6) is 0. The van der Waals surface area contributed by atoms with E-state index in [1.54, 1.807) is 0 Å². The molecule has 0 spiro atoms. The zero-order chi connectivity index (χ0) is 9.90. The maximum Gasteiger partial charge on any atom is 0.391 e. The topological polar surface area (TPSA) is 29.5 Å². The minimum Gasteiger partial charge on any atom is -0.393 e. The Morgan fingerprint density at radius 3 is 2.46 bits per heavy atom. The van der Waals surface area contributed by atoms with Gasteiger partial charge >= 0.3 is 6.18 Å². The molecular weight excluding hydrogens is 185 g/mol. The first kappa shape index (κ1) is 10.8. The maximum absolute atomic E-state index is 11.7. The lowest BCUT2D eigenvalue weighted by Gasteiger charge is -2.12. The summed E-state index contributed by atoms with van der Waals surface area (Å²) in [6.45, 7) is -0.291. The second-order valence-corrected chi connectivity index (χ2v) is 3.32. The van der Waals surface area contributed by atoms with Crippen LogP contribution in [-0.4, -0.2) is 30.1 Å². The average Bonchev–Trinajstić information content (AvgIpc) is 2.33. The van der Waals surface area contributed by atoms with Gasteiger partial charge in [0, 0.05) is 0 Å². The molecule has 1 fully saturated rings. The van der Waals surface area contributed by atoms with Crippen LogP contribution in [-0.2, 0) is 4.74 Å². The molecule has 2 unspecified atom stereocenters. The van der Waals surface area contributed by atoms with E-state index in [1.807, 2.05) is 0 Å². The van der Waals surface area contributed by atoms with Crippen molar-refractivity contribution in [2.24, 2.45) is 0 Å². The fraction of sp³-hybridized carbons (Fsp3) is 1.00. The molecule has 0 aromatic rings. The Hall–Kier alpha value is -0.290. The molecule has 0 saturated heterocycles. The van der Waals surface area contributed by atoms with Crippen LogP contribution in [0.15, 0.2) is 0 Å². The Bertz CT molecular complexity index is 158. The van der Waals surface area contributed by atoms with E-state index in [1.165, 1.54) is 0 Å². The monoisotopic (exact) mass is 198 g/mol. The van der Waals surface area contributed by atoms with Crippen molar-refractivity contribution in [2.45, 2.75) is 44.1 Å². The molecule has 1 rings (SSSR count). The smallest absolute Gasteiger partial charge is 0.391 e. The van der Waals surface area contributed by atoms with Crippen molar-refractivity contribution >= 4 is 0 Å². The van der Waals surface area contributed by atoms with Gasteiger partial charge in [0.05, 0.1) is 25.2 Å². The normalized spacial score (nSPS) is 29.5. The SMILES string of the molecule is OC1CCC(OCCC(F)(F)F)C1. The third-order valence-electron chi connectivity index (χ3n) is 2.10. The highest BCUT2D eigenvalue weighted by Gasteiger charge is 2.28. The Morgan fingerprint density at radius 1 is 1.31 bits per heavy atom. The summed E-state index contributed by atoms with van der Waals surface area (Å²) in [7, 11) is 0. The standard InChI is InChI=1S/C8H13F3O2/c9-8(10,11)3-4-13-7-2-1-6(12)5-7/h6-7,12H,1-5H2. The van der Waals surface area contributed by atoms with E-state index in [9.17, 15) is 13.2 Å². The lowest BCUT2D eigenvalue weighted by Crippen LogP contribution is -2.16. The highest BCUT2D eigenvalue weighted by Crippen LogP contribution is 2.24. The Kier molecular flexibility index (Phi) is 3.55. The van der Waals surface area contributed by atoms with Gasteiger partial charge in [0.1, 0.15) is 0 Å². The van der Waals surface area contributed by atoms with Gasteiger partial charge in [-0.25, -0.2) is 0 Å². The molecule has 0 radical (unpaired) electrons. The van der Waals surface area contributed by atoms with Crippen LogP contribution >= 0.6 is 0 Å². The van der Waals surface area contributed by atoms with E-state index in [0.717, 1.165) is 0 Å². The molecule has 0 amide bonds. The van der Waals surface area contributed by atoms with E-state index in [-0.39, 0.29) is 12.7 Å². The first-order chi connectivity index (χ1) is 5.97. The van der Waals surface area contributed by atoms with Gasteiger partial charge in [0.25, 0.3) is 0 Å². The van der Waals surface area contributed by atoms with Crippen molar-refractivity contribution in [1.82, 2.24) is 0 Å². The molecule has 1 aliphatic carbocycles. The number of aliphatic hydroxyl groups is 1. The van der Waals surface area contributed by atoms with Crippen LogP contribution in [0.5, 0.6) is 0 Å². The molecule has 0 aromatic carbocycles. The third kappa shape index (κ3) is 4.47. The van der Waals surface area contributed by atoms with Gasteiger partial charge in [0.2, 0.25) is 0 Å². The van der Waals surface area contributed by atoms with E-state index >= 15 is 0 Å². The Labute approximate surface area is 74.7 Å². The zero-order valence-corrected chi connectivity index (χ0v) is 7.18. The van der Waals surface area contributed by atoms with Crippen molar-refractivity contribution in [2.75, 3.05) is 6.61 Å². The molecule has 0 aromatic heterocycles. The van der Waals surface area contributed by atoms with Crippen molar-refractivity contribution < 1.29 is 23.0 Å². The maximum atomic E-state index is 11.7. The van der Waals surface area contributed by atoms with Gasteiger partial charge in [0.15, 0.2) is 0 Å². The molecule has 0 bridgehead atoms. The molecule has 1 aliphatic rings. The number of hydrogen-bond donors (Lipinski definition) is 1. The van der Waals surface area contributed by atoms with Crippen molar-refractivity contribution in [3.05, 3.63) is 0 Å². The summed E-state index contributed by atoms with van der Waals surface area (Å²) in [6, 6.07) is 0. The minimum absolute atomic E-state index is 0.183. The molecule has 0 aliphatic heterocycles. The number of alkyl halides is 3. The quantitative estimate of drug-likeness (QED) is 0.750. The van der Waals surface area contributed by atoms with Gasteiger partial charge < -0.3 is 9.84 Å². The number of aliphatic hydroxyl groups excluding tert-OH is 1. The molecule has 0 heterocycles. The summed E-state index contributed by atoms with van der Waals surface area (Å²) in [5, 5.41) is 9.06. The largest absolute Gasteiger partial charge is 0.393 e. The highest BCUT2D eigenvalue weighted by molar-refractivity contribution is 4.74. The fourth-order valence-corrected chi connectivity index (χ4v) is 1.41. The van der Waals surface area contributed by atoms with E-state index < -0.39 is 18.7 Å². The van der Waals surface area contributed by atoms with Crippen LogP contribution in [0.25, 0.3) is 0 Å².